The highest BCUT2D eigenvalue weighted by atomic mass is 16.5. The third kappa shape index (κ3) is 2.66. The highest BCUT2D eigenvalue weighted by Crippen LogP contribution is 2.26. The van der Waals surface area contributed by atoms with Gasteiger partial charge in [0.25, 0.3) is 5.91 Å². The number of pyridine rings is 1. The number of methoxy groups -OCH3 is 1. The molecule has 100 valence electrons. The maximum absolute atomic E-state index is 12.1. The van der Waals surface area contributed by atoms with E-state index in [0.29, 0.717) is 24.5 Å². The lowest BCUT2D eigenvalue weighted by molar-refractivity contribution is 0.0934. The van der Waals surface area contributed by atoms with Gasteiger partial charge in [-0.1, -0.05) is 6.07 Å². The number of nitrogen functional groups attached to an aromatic ring is 1. The molecule has 0 aliphatic heterocycles. The van der Waals surface area contributed by atoms with Crippen LogP contribution in [0.15, 0.2) is 24.4 Å². The molecule has 1 amide bonds. The molecule has 19 heavy (non-hydrogen) atoms. The van der Waals surface area contributed by atoms with Crippen LogP contribution in [0.3, 0.4) is 0 Å². The Hall–Kier alpha value is -2.14. The number of amides is 1. The van der Waals surface area contributed by atoms with Crippen molar-refractivity contribution in [2.45, 2.75) is 6.92 Å². The van der Waals surface area contributed by atoms with Crippen molar-refractivity contribution in [2.75, 3.05) is 26.0 Å². The minimum Gasteiger partial charge on any atom is -0.398 e. The molecule has 2 rings (SSSR count). The third-order valence-corrected chi connectivity index (χ3v) is 2.98. The molecule has 0 bridgehead atoms. The first-order valence-corrected chi connectivity index (χ1v) is 6.06. The summed E-state index contributed by atoms with van der Waals surface area (Å²) >= 11 is 0. The number of hydrogen-bond donors (Lipinski definition) is 2. The predicted molar refractivity (Wildman–Crippen MR) is 75.1 cm³/mol. The number of carbonyl (C=O) groups excluding carboxylic acids is 1. The van der Waals surface area contributed by atoms with E-state index >= 15 is 0 Å². The van der Waals surface area contributed by atoms with Crippen LogP contribution in [-0.2, 0) is 4.74 Å². The lowest BCUT2D eigenvalue weighted by Crippen LogP contribution is -2.28. The lowest BCUT2D eigenvalue weighted by atomic mass is 10.0. The van der Waals surface area contributed by atoms with Crippen molar-refractivity contribution in [3.63, 3.8) is 0 Å². The largest absolute Gasteiger partial charge is 0.398 e. The summed E-state index contributed by atoms with van der Waals surface area (Å²) in [6.07, 6.45) is 1.60. The molecule has 0 saturated heterocycles. The van der Waals surface area contributed by atoms with Crippen LogP contribution in [0.25, 0.3) is 10.8 Å². The van der Waals surface area contributed by atoms with Crippen LogP contribution in [0.5, 0.6) is 0 Å². The van der Waals surface area contributed by atoms with E-state index < -0.39 is 0 Å². The number of aromatic nitrogens is 1. The molecule has 0 spiro atoms. The van der Waals surface area contributed by atoms with Gasteiger partial charge in [0.1, 0.15) is 5.69 Å². The lowest BCUT2D eigenvalue weighted by Gasteiger charge is -2.10. The van der Waals surface area contributed by atoms with Gasteiger partial charge in [0.2, 0.25) is 0 Å². The van der Waals surface area contributed by atoms with Crippen LogP contribution in [0.2, 0.25) is 0 Å². The van der Waals surface area contributed by atoms with Crippen molar-refractivity contribution in [1.29, 1.82) is 0 Å². The maximum Gasteiger partial charge on any atom is 0.270 e. The minimum absolute atomic E-state index is 0.212. The molecule has 0 radical (unpaired) electrons. The summed E-state index contributed by atoms with van der Waals surface area (Å²) in [4.78, 5) is 16.3. The van der Waals surface area contributed by atoms with Crippen molar-refractivity contribution in [3.05, 3.63) is 35.7 Å². The van der Waals surface area contributed by atoms with E-state index in [1.54, 1.807) is 13.3 Å². The molecule has 0 aliphatic carbocycles. The summed E-state index contributed by atoms with van der Waals surface area (Å²) in [5, 5.41) is 4.43. The van der Waals surface area contributed by atoms with Gasteiger partial charge >= 0.3 is 0 Å². The molecule has 0 fully saturated rings. The van der Waals surface area contributed by atoms with E-state index in [9.17, 15) is 4.79 Å². The number of anilines is 1. The van der Waals surface area contributed by atoms with Gasteiger partial charge in [-0.3, -0.25) is 9.78 Å². The monoisotopic (exact) mass is 259 g/mol. The zero-order valence-corrected chi connectivity index (χ0v) is 11.1. The van der Waals surface area contributed by atoms with Gasteiger partial charge in [-0.25, -0.2) is 0 Å². The number of nitrogens with one attached hydrogen (secondary N) is 1. The second-order valence-electron chi connectivity index (χ2n) is 4.30. The number of rotatable bonds is 4. The standard InChI is InChI=1S/C14H17N3O2/c1-9-3-4-11(15)10-5-6-16-13(12(9)10)14(18)17-7-8-19-2/h3-6H,7-8,15H2,1-2H3,(H,17,18). The Morgan fingerprint density at radius 1 is 1.42 bits per heavy atom. The quantitative estimate of drug-likeness (QED) is 0.644. The summed E-state index contributed by atoms with van der Waals surface area (Å²) in [6.45, 7) is 2.86. The summed E-state index contributed by atoms with van der Waals surface area (Å²) in [6, 6.07) is 5.55. The number of ether oxygens (including phenoxy) is 1. The van der Waals surface area contributed by atoms with Crippen molar-refractivity contribution in [2.24, 2.45) is 0 Å². The summed E-state index contributed by atoms with van der Waals surface area (Å²) in [7, 11) is 1.59. The average molecular weight is 259 g/mol. The first kappa shape index (κ1) is 13.3. The average Bonchev–Trinajstić information content (AvgIpc) is 2.42. The number of fused-ring (bicyclic) bond motifs is 1. The van der Waals surface area contributed by atoms with Crippen LogP contribution in [0.4, 0.5) is 5.69 Å². The first-order chi connectivity index (χ1) is 9.15. The van der Waals surface area contributed by atoms with Crippen LogP contribution >= 0.6 is 0 Å². The summed E-state index contributed by atoms with van der Waals surface area (Å²) in [5.74, 6) is -0.212. The number of carbonyl (C=O) groups is 1. The van der Waals surface area contributed by atoms with E-state index in [4.69, 9.17) is 10.5 Å². The smallest absolute Gasteiger partial charge is 0.270 e. The highest BCUT2D eigenvalue weighted by Gasteiger charge is 2.14. The third-order valence-electron chi connectivity index (χ3n) is 2.98. The number of nitrogens with zero attached hydrogens (tertiary/aromatic N) is 1. The second-order valence-corrected chi connectivity index (χ2v) is 4.30. The zero-order chi connectivity index (χ0) is 13.8. The molecule has 1 aromatic heterocycles. The SMILES string of the molecule is COCCNC(=O)c1nccc2c(N)ccc(C)c12. The van der Waals surface area contributed by atoms with Crippen molar-refractivity contribution in [1.82, 2.24) is 10.3 Å². The van der Waals surface area contributed by atoms with Crippen LogP contribution in [0, 0.1) is 6.92 Å². The number of nitrogens with two attached hydrogens (primary N) is 1. The van der Waals surface area contributed by atoms with Gasteiger partial charge in [-0.15, -0.1) is 0 Å². The van der Waals surface area contributed by atoms with Crippen LogP contribution in [-0.4, -0.2) is 31.2 Å². The molecule has 0 saturated carbocycles. The Balaban J connectivity index is 2.43. The summed E-state index contributed by atoms with van der Waals surface area (Å²) in [5.41, 5.74) is 7.97. The number of benzene rings is 1. The molecule has 5 heteroatoms. The molecule has 0 atom stereocenters. The van der Waals surface area contributed by atoms with Crippen molar-refractivity contribution in [3.8, 4) is 0 Å². The predicted octanol–water partition coefficient (Wildman–Crippen LogP) is 1.50. The Bertz CT molecular complexity index is 611. The molecule has 1 aromatic carbocycles. The summed E-state index contributed by atoms with van der Waals surface area (Å²) < 4.78 is 4.90. The minimum atomic E-state index is -0.212. The molecular weight excluding hydrogens is 242 g/mol. The Kier molecular flexibility index (Phi) is 3.97. The highest BCUT2D eigenvalue weighted by molar-refractivity contribution is 6.09. The molecule has 0 unspecified atom stereocenters. The van der Waals surface area contributed by atoms with Crippen molar-refractivity contribution < 1.29 is 9.53 Å². The zero-order valence-electron chi connectivity index (χ0n) is 11.1. The normalized spacial score (nSPS) is 10.6. The van der Waals surface area contributed by atoms with Gasteiger partial charge < -0.3 is 15.8 Å². The second kappa shape index (κ2) is 5.67. The van der Waals surface area contributed by atoms with E-state index in [0.717, 1.165) is 16.3 Å². The van der Waals surface area contributed by atoms with Gasteiger partial charge in [-0.2, -0.15) is 0 Å². The van der Waals surface area contributed by atoms with Crippen molar-refractivity contribution >= 4 is 22.4 Å². The molecular formula is C14H17N3O2. The fraction of sp³-hybridized carbons (Fsp3) is 0.286. The van der Waals surface area contributed by atoms with Gasteiger partial charge in [-0.05, 0) is 24.6 Å². The van der Waals surface area contributed by atoms with E-state index in [-0.39, 0.29) is 5.91 Å². The Morgan fingerprint density at radius 2 is 2.21 bits per heavy atom. The Morgan fingerprint density at radius 3 is 2.95 bits per heavy atom. The molecule has 2 aromatic rings. The molecule has 0 aliphatic rings. The van der Waals surface area contributed by atoms with Crippen LogP contribution in [0.1, 0.15) is 16.1 Å². The van der Waals surface area contributed by atoms with Gasteiger partial charge in [0, 0.05) is 36.3 Å². The Labute approximate surface area is 111 Å². The maximum atomic E-state index is 12.1. The van der Waals surface area contributed by atoms with Gasteiger partial charge in [0.05, 0.1) is 6.61 Å². The molecule has 1 heterocycles. The van der Waals surface area contributed by atoms with E-state index in [1.165, 1.54) is 0 Å². The fourth-order valence-electron chi connectivity index (χ4n) is 2.01. The molecule has 3 N–H and O–H groups in total. The van der Waals surface area contributed by atoms with E-state index in [2.05, 4.69) is 10.3 Å². The first-order valence-electron chi connectivity index (χ1n) is 6.06. The van der Waals surface area contributed by atoms with Gasteiger partial charge in [0.15, 0.2) is 0 Å². The number of hydrogen-bond acceptors (Lipinski definition) is 4. The number of aryl methyl sites for hydroxylation is 1. The molecule has 5 nitrogen and oxygen atoms in total. The topological polar surface area (TPSA) is 77.2 Å². The van der Waals surface area contributed by atoms with Crippen LogP contribution < -0.4 is 11.1 Å². The fourth-order valence-corrected chi connectivity index (χ4v) is 2.01. The van der Waals surface area contributed by atoms with E-state index in [1.807, 2.05) is 25.1 Å².